The number of carboxylic acids is 1. The third-order valence-corrected chi connectivity index (χ3v) is 6.34. The molecule has 2 N–H and O–H groups in total. The molecule has 1 fully saturated rings. The number of likely N-dealkylation sites (N-methyl/N-ethyl adjacent to an activating group) is 1. The maximum atomic E-state index is 11.2. The smallest absolute Gasteiger partial charge is 0.321 e. The summed E-state index contributed by atoms with van der Waals surface area (Å²) in [7, 11) is 1.85. The van der Waals surface area contributed by atoms with E-state index in [-0.39, 0.29) is 34.2 Å². The molecule has 1 aromatic carbocycles. The summed E-state index contributed by atoms with van der Waals surface area (Å²) in [5, 5.41) is 20.0. The number of aliphatic imine (C=N–C) groups is 1. The maximum Gasteiger partial charge on any atom is 0.321 e. The molecule has 2 heterocycles. The van der Waals surface area contributed by atoms with Crippen LogP contribution in [0.2, 0.25) is 0 Å². The van der Waals surface area contributed by atoms with Crippen LogP contribution >= 0.6 is 23.5 Å². The third-order valence-electron chi connectivity index (χ3n) is 3.74. The molecular formula is C14H16FeN2O3S2. The molecule has 120 valence electrons. The molecule has 2 aliphatic heterocycles. The number of carbonyl (C=O) groups is 1. The Bertz CT molecular complexity index is 599. The van der Waals surface area contributed by atoms with Crippen molar-refractivity contribution in [3.05, 3.63) is 29.8 Å². The second kappa shape index (κ2) is 7.27. The van der Waals surface area contributed by atoms with Crippen LogP contribution in [0.4, 0.5) is 0 Å². The number of phenols is 1. The molecule has 0 amide bonds. The first-order valence-corrected chi connectivity index (χ1v) is 8.66. The van der Waals surface area contributed by atoms with Gasteiger partial charge in [-0.2, -0.15) is 0 Å². The van der Waals surface area contributed by atoms with Gasteiger partial charge in [0, 0.05) is 34.1 Å². The number of aromatic hydroxyl groups is 1. The van der Waals surface area contributed by atoms with E-state index in [1.165, 1.54) is 0 Å². The van der Waals surface area contributed by atoms with Gasteiger partial charge < -0.3 is 10.2 Å². The van der Waals surface area contributed by atoms with Crippen LogP contribution in [0.5, 0.6) is 5.75 Å². The number of thioether (sulfide) groups is 2. The fourth-order valence-corrected chi connectivity index (χ4v) is 5.33. The summed E-state index contributed by atoms with van der Waals surface area (Å²) in [6, 6.07) is 6.80. The van der Waals surface area contributed by atoms with Crippen LogP contribution in [0.1, 0.15) is 5.56 Å². The molecule has 0 aromatic heterocycles. The average Bonchev–Trinajstić information content (AvgIpc) is 3.05. The third kappa shape index (κ3) is 3.31. The van der Waals surface area contributed by atoms with Crippen LogP contribution in [0, 0.1) is 0 Å². The predicted molar refractivity (Wildman–Crippen MR) is 86.3 cm³/mol. The van der Waals surface area contributed by atoms with Crippen LogP contribution < -0.4 is 0 Å². The van der Waals surface area contributed by atoms with Crippen LogP contribution in [0.3, 0.4) is 0 Å². The number of benzene rings is 1. The number of hydrogen-bond acceptors (Lipinski definition) is 6. The molecule has 0 aliphatic carbocycles. The number of nitrogens with zero attached hydrogens (tertiary/aromatic N) is 2. The molecule has 0 radical (unpaired) electrons. The zero-order valence-electron chi connectivity index (χ0n) is 11.8. The Morgan fingerprint density at radius 3 is 2.73 bits per heavy atom. The van der Waals surface area contributed by atoms with Crippen LogP contribution in [0.15, 0.2) is 29.3 Å². The van der Waals surface area contributed by atoms with Crippen molar-refractivity contribution in [3.8, 4) is 5.75 Å². The van der Waals surface area contributed by atoms with Crippen molar-refractivity contribution in [2.24, 2.45) is 4.99 Å². The van der Waals surface area contributed by atoms with E-state index in [4.69, 9.17) is 4.99 Å². The molecule has 5 nitrogen and oxygen atoms in total. The molecule has 22 heavy (non-hydrogen) atoms. The SMILES string of the molecule is CN1[C@@H](C(=O)O)CS[C@H]1[C@@H]1CSC(c2ccccc2O)=N1.[Fe]. The van der Waals surface area contributed by atoms with Crippen molar-refractivity contribution >= 4 is 34.5 Å². The Labute approximate surface area is 148 Å². The first-order chi connectivity index (χ1) is 10.1. The molecule has 1 saturated heterocycles. The van der Waals surface area contributed by atoms with Gasteiger partial charge >= 0.3 is 5.97 Å². The van der Waals surface area contributed by atoms with Crippen molar-refractivity contribution in [1.82, 2.24) is 4.90 Å². The molecule has 8 heteroatoms. The number of rotatable bonds is 3. The van der Waals surface area contributed by atoms with Crippen molar-refractivity contribution in [2.75, 3.05) is 18.6 Å². The number of hydrogen-bond donors (Lipinski definition) is 2. The normalized spacial score (nSPS) is 28.2. The van der Waals surface area contributed by atoms with Gasteiger partial charge in [-0.15, -0.1) is 23.5 Å². The van der Waals surface area contributed by atoms with Gasteiger partial charge in [0.25, 0.3) is 0 Å². The van der Waals surface area contributed by atoms with E-state index in [2.05, 4.69) is 0 Å². The minimum Gasteiger partial charge on any atom is -0.507 e. The fourth-order valence-electron chi connectivity index (χ4n) is 2.57. The molecule has 0 saturated carbocycles. The Balaban J connectivity index is 0.00000176. The summed E-state index contributed by atoms with van der Waals surface area (Å²) in [5.74, 6) is 0.875. The molecule has 0 unspecified atom stereocenters. The van der Waals surface area contributed by atoms with Crippen LogP contribution in [0.25, 0.3) is 0 Å². The van der Waals surface area contributed by atoms with E-state index in [0.717, 1.165) is 16.4 Å². The van der Waals surface area contributed by atoms with Gasteiger partial charge in [0.1, 0.15) is 16.8 Å². The van der Waals surface area contributed by atoms with E-state index in [9.17, 15) is 15.0 Å². The standard InChI is InChI=1S/C14H16N2O3S2.Fe/c1-16-10(14(18)19)7-21-13(16)9-6-20-12(15-9)8-4-2-3-5-11(8)17;/h2-5,9-10,13,17H,6-7H2,1H3,(H,18,19);/t9-,10+,13-;/m0./s1. The Hall–Kier alpha value is -0.661. The van der Waals surface area contributed by atoms with Gasteiger partial charge in [-0.1, -0.05) is 12.1 Å². The van der Waals surface area contributed by atoms with E-state index in [1.807, 2.05) is 24.1 Å². The number of phenolic OH excluding ortho intramolecular Hbond substituents is 1. The van der Waals surface area contributed by atoms with Crippen molar-refractivity contribution in [3.63, 3.8) is 0 Å². The minimum atomic E-state index is -0.775. The summed E-state index contributed by atoms with van der Waals surface area (Å²) < 4.78 is 0. The van der Waals surface area contributed by atoms with Crippen molar-refractivity contribution in [2.45, 2.75) is 17.5 Å². The predicted octanol–water partition coefficient (Wildman–Crippen LogP) is 1.71. The second-order valence-electron chi connectivity index (χ2n) is 5.07. The second-order valence-corrected chi connectivity index (χ2v) is 7.23. The van der Waals surface area contributed by atoms with Gasteiger partial charge in [0.05, 0.1) is 11.4 Å². The van der Waals surface area contributed by atoms with E-state index in [1.54, 1.807) is 35.7 Å². The molecule has 0 bridgehead atoms. The summed E-state index contributed by atoms with van der Waals surface area (Å²) in [6.07, 6.45) is 0. The molecular weight excluding hydrogens is 364 g/mol. The fraction of sp³-hybridized carbons (Fsp3) is 0.429. The molecule has 2 aliphatic rings. The first-order valence-electron chi connectivity index (χ1n) is 6.63. The molecule has 3 atom stereocenters. The molecule has 0 spiro atoms. The molecule has 3 rings (SSSR count). The van der Waals surface area contributed by atoms with Gasteiger partial charge in [-0.05, 0) is 19.2 Å². The van der Waals surface area contributed by atoms with E-state index in [0.29, 0.717) is 5.75 Å². The maximum absolute atomic E-state index is 11.2. The van der Waals surface area contributed by atoms with Crippen LogP contribution in [-0.4, -0.2) is 62.1 Å². The molecule has 1 aromatic rings. The largest absolute Gasteiger partial charge is 0.507 e. The number of aliphatic carboxylic acids is 1. The zero-order chi connectivity index (χ0) is 15.0. The van der Waals surface area contributed by atoms with Gasteiger partial charge in [0.2, 0.25) is 0 Å². The van der Waals surface area contributed by atoms with E-state index >= 15 is 0 Å². The summed E-state index contributed by atoms with van der Waals surface area (Å²) in [4.78, 5) is 17.8. The van der Waals surface area contributed by atoms with Gasteiger partial charge in [-0.25, -0.2) is 0 Å². The van der Waals surface area contributed by atoms with Crippen molar-refractivity contribution < 1.29 is 32.1 Å². The van der Waals surface area contributed by atoms with Crippen molar-refractivity contribution in [1.29, 1.82) is 0 Å². The topological polar surface area (TPSA) is 73.1 Å². The Morgan fingerprint density at radius 2 is 2.09 bits per heavy atom. The van der Waals surface area contributed by atoms with Gasteiger partial charge in [0.15, 0.2) is 0 Å². The summed E-state index contributed by atoms with van der Waals surface area (Å²) in [6.45, 7) is 0. The monoisotopic (exact) mass is 380 g/mol. The van der Waals surface area contributed by atoms with E-state index < -0.39 is 12.0 Å². The number of carboxylic acid groups (broad SMARTS) is 1. The zero-order valence-corrected chi connectivity index (χ0v) is 14.6. The van der Waals surface area contributed by atoms with Gasteiger partial charge in [-0.3, -0.25) is 14.7 Å². The Morgan fingerprint density at radius 1 is 1.36 bits per heavy atom. The Kier molecular flexibility index (Phi) is 5.85. The number of para-hydroxylation sites is 1. The van der Waals surface area contributed by atoms with Crippen LogP contribution in [-0.2, 0) is 21.9 Å². The average molecular weight is 380 g/mol. The first kappa shape index (κ1) is 17.7. The minimum absolute atomic E-state index is 0. The quantitative estimate of drug-likeness (QED) is 0.778. The summed E-state index contributed by atoms with van der Waals surface area (Å²) in [5.41, 5.74) is 0.755. The summed E-state index contributed by atoms with van der Waals surface area (Å²) >= 11 is 3.27.